The van der Waals surface area contributed by atoms with Gasteiger partial charge in [-0.15, -0.1) is 0 Å². The zero-order chi connectivity index (χ0) is 26.3. The van der Waals surface area contributed by atoms with Crippen LogP contribution in [-0.2, 0) is 22.6 Å². The number of rotatable bonds is 9. The lowest BCUT2D eigenvalue weighted by Crippen LogP contribution is -2.55. The first-order chi connectivity index (χ1) is 17.0. The molecule has 5 nitrogen and oxygen atoms in total. The molecule has 1 N–H and O–H groups in total. The summed E-state index contributed by atoms with van der Waals surface area (Å²) < 4.78 is 6.74. The van der Waals surface area contributed by atoms with Crippen LogP contribution >= 0.6 is 27.5 Å². The van der Waals surface area contributed by atoms with Gasteiger partial charge in [-0.1, -0.05) is 70.0 Å². The summed E-state index contributed by atoms with van der Waals surface area (Å²) in [6.07, 6.45) is 0.378. The predicted octanol–water partition coefficient (Wildman–Crippen LogP) is 6.34. The lowest BCUT2D eigenvalue weighted by Gasteiger charge is -2.33. The minimum Gasteiger partial charge on any atom is -0.484 e. The number of nitrogens with zero attached hydrogens (tertiary/aromatic N) is 1. The monoisotopic (exact) mass is 570 g/mol. The van der Waals surface area contributed by atoms with E-state index >= 15 is 0 Å². The fraction of sp³-hybridized carbons (Fsp3) is 0.310. The molecule has 2 amide bonds. The fourth-order valence-electron chi connectivity index (χ4n) is 3.77. The third-order valence-corrected chi connectivity index (χ3v) is 6.42. The van der Waals surface area contributed by atoms with Gasteiger partial charge in [0.1, 0.15) is 11.8 Å². The number of aryl methyl sites for hydroxylation is 1. The van der Waals surface area contributed by atoms with Gasteiger partial charge in [0.05, 0.1) is 0 Å². The second kappa shape index (κ2) is 12.4. The van der Waals surface area contributed by atoms with Gasteiger partial charge in [0.25, 0.3) is 5.91 Å². The van der Waals surface area contributed by atoms with Crippen LogP contribution in [0.5, 0.6) is 5.75 Å². The molecule has 3 aromatic carbocycles. The number of hydrogen-bond acceptors (Lipinski definition) is 3. The van der Waals surface area contributed by atoms with Crippen molar-refractivity contribution < 1.29 is 14.3 Å². The van der Waals surface area contributed by atoms with E-state index in [4.69, 9.17) is 16.3 Å². The van der Waals surface area contributed by atoms with Crippen LogP contribution < -0.4 is 10.1 Å². The average Bonchev–Trinajstić information content (AvgIpc) is 2.81. The molecule has 0 heterocycles. The van der Waals surface area contributed by atoms with E-state index in [-0.39, 0.29) is 25.0 Å². The number of ether oxygens (including phenoxy) is 1. The molecule has 3 aromatic rings. The SMILES string of the molecule is Cc1cc(OCC(=O)N(Cc2cccc(Br)c2)C(Cc2ccccc2)C(=O)NC(C)(C)C)ccc1Cl. The second-order valence-corrected chi connectivity index (χ2v) is 11.1. The Labute approximate surface area is 226 Å². The van der Waals surface area contributed by atoms with Gasteiger partial charge >= 0.3 is 0 Å². The highest BCUT2D eigenvalue weighted by atomic mass is 79.9. The zero-order valence-corrected chi connectivity index (χ0v) is 23.4. The van der Waals surface area contributed by atoms with Crippen molar-refractivity contribution in [3.05, 3.63) is 99.0 Å². The maximum atomic E-state index is 13.6. The van der Waals surface area contributed by atoms with Gasteiger partial charge in [0.2, 0.25) is 5.91 Å². The van der Waals surface area contributed by atoms with Crippen LogP contribution in [0.3, 0.4) is 0 Å². The Hall–Kier alpha value is -2.83. The molecule has 0 aromatic heterocycles. The Morgan fingerprint density at radius 2 is 1.69 bits per heavy atom. The Morgan fingerprint density at radius 3 is 2.33 bits per heavy atom. The number of benzene rings is 3. The molecule has 3 rings (SSSR count). The van der Waals surface area contributed by atoms with Crippen LogP contribution in [0.1, 0.15) is 37.5 Å². The maximum Gasteiger partial charge on any atom is 0.261 e. The average molecular weight is 572 g/mol. The Balaban J connectivity index is 1.93. The molecule has 0 aliphatic rings. The van der Waals surface area contributed by atoms with Crippen molar-refractivity contribution in [2.45, 2.75) is 52.2 Å². The van der Waals surface area contributed by atoms with Crippen molar-refractivity contribution in [3.63, 3.8) is 0 Å². The van der Waals surface area contributed by atoms with E-state index in [2.05, 4.69) is 21.2 Å². The molecule has 0 aliphatic heterocycles. The Bertz CT molecular complexity index is 1190. The standard InChI is InChI=1S/C29H32BrClN2O3/c1-20-15-24(13-14-25(20)31)36-19-27(34)33(18-22-11-8-12-23(30)16-22)26(28(35)32-29(2,3)4)17-21-9-6-5-7-10-21/h5-16,26H,17-19H2,1-4H3,(H,32,35). The van der Waals surface area contributed by atoms with E-state index in [1.54, 1.807) is 23.1 Å². The van der Waals surface area contributed by atoms with Crippen LogP contribution in [0.2, 0.25) is 5.02 Å². The first-order valence-electron chi connectivity index (χ1n) is 11.8. The summed E-state index contributed by atoms with van der Waals surface area (Å²) in [5, 5.41) is 3.69. The molecule has 0 aliphatic carbocycles. The summed E-state index contributed by atoms with van der Waals surface area (Å²) in [7, 11) is 0. The van der Waals surface area contributed by atoms with Gasteiger partial charge in [0.15, 0.2) is 6.61 Å². The zero-order valence-electron chi connectivity index (χ0n) is 21.1. The number of carbonyl (C=O) groups excluding carboxylic acids is 2. The molecule has 190 valence electrons. The molecule has 0 saturated heterocycles. The molecule has 36 heavy (non-hydrogen) atoms. The second-order valence-electron chi connectivity index (χ2n) is 9.80. The van der Waals surface area contributed by atoms with Crippen molar-refractivity contribution >= 4 is 39.3 Å². The van der Waals surface area contributed by atoms with E-state index in [0.717, 1.165) is 21.2 Å². The summed E-state index contributed by atoms with van der Waals surface area (Å²) in [4.78, 5) is 28.8. The lowest BCUT2D eigenvalue weighted by molar-refractivity contribution is -0.143. The highest BCUT2D eigenvalue weighted by molar-refractivity contribution is 9.10. The van der Waals surface area contributed by atoms with Crippen LogP contribution in [0, 0.1) is 6.92 Å². The summed E-state index contributed by atoms with van der Waals surface area (Å²) in [6.45, 7) is 7.72. The quantitative estimate of drug-likeness (QED) is 0.326. The van der Waals surface area contributed by atoms with E-state index in [1.807, 2.05) is 82.3 Å². The van der Waals surface area contributed by atoms with E-state index in [0.29, 0.717) is 17.2 Å². The van der Waals surface area contributed by atoms with Gasteiger partial charge in [-0.3, -0.25) is 9.59 Å². The lowest BCUT2D eigenvalue weighted by atomic mass is 10.0. The van der Waals surface area contributed by atoms with Crippen molar-refractivity contribution in [2.24, 2.45) is 0 Å². The number of nitrogens with one attached hydrogen (secondary N) is 1. The summed E-state index contributed by atoms with van der Waals surface area (Å²) >= 11 is 9.63. The normalized spacial score (nSPS) is 12.1. The molecule has 7 heteroatoms. The van der Waals surface area contributed by atoms with Crippen molar-refractivity contribution in [2.75, 3.05) is 6.61 Å². The van der Waals surface area contributed by atoms with E-state index in [9.17, 15) is 9.59 Å². The highest BCUT2D eigenvalue weighted by Gasteiger charge is 2.32. The number of halogens is 2. The summed E-state index contributed by atoms with van der Waals surface area (Å²) in [5.74, 6) is 0.0519. The molecule has 0 radical (unpaired) electrons. The number of hydrogen-bond donors (Lipinski definition) is 1. The Kier molecular flexibility index (Phi) is 9.57. The molecular formula is C29H32BrClN2O3. The van der Waals surface area contributed by atoms with Gasteiger partial charge in [-0.2, -0.15) is 0 Å². The summed E-state index contributed by atoms with van der Waals surface area (Å²) in [5.41, 5.74) is 2.28. The predicted molar refractivity (Wildman–Crippen MR) is 148 cm³/mol. The molecule has 1 unspecified atom stereocenters. The van der Waals surface area contributed by atoms with Crippen LogP contribution in [0.25, 0.3) is 0 Å². The molecule has 0 spiro atoms. The topological polar surface area (TPSA) is 58.6 Å². The smallest absolute Gasteiger partial charge is 0.261 e. The van der Waals surface area contributed by atoms with Crippen LogP contribution in [-0.4, -0.2) is 34.9 Å². The van der Waals surface area contributed by atoms with Crippen molar-refractivity contribution in [1.29, 1.82) is 0 Å². The van der Waals surface area contributed by atoms with Crippen LogP contribution in [0.4, 0.5) is 0 Å². The molecule has 1 atom stereocenters. The Morgan fingerprint density at radius 1 is 1.00 bits per heavy atom. The largest absolute Gasteiger partial charge is 0.484 e. The van der Waals surface area contributed by atoms with Crippen molar-refractivity contribution in [3.8, 4) is 5.75 Å². The first-order valence-corrected chi connectivity index (χ1v) is 13.0. The molecule has 0 bridgehead atoms. The number of carbonyl (C=O) groups is 2. The first kappa shape index (κ1) is 27.8. The van der Waals surface area contributed by atoms with E-state index < -0.39 is 11.6 Å². The minimum absolute atomic E-state index is 0.205. The molecule has 0 saturated carbocycles. The van der Waals surface area contributed by atoms with Crippen LogP contribution in [0.15, 0.2) is 77.3 Å². The summed E-state index contributed by atoms with van der Waals surface area (Å²) in [6, 6.07) is 22.0. The minimum atomic E-state index is -0.728. The van der Waals surface area contributed by atoms with Gasteiger partial charge in [0, 0.05) is 28.0 Å². The van der Waals surface area contributed by atoms with Crippen molar-refractivity contribution in [1.82, 2.24) is 10.2 Å². The fourth-order valence-corrected chi connectivity index (χ4v) is 4.34. The van der Waals surface area contributed by atoms with Gasteiger partial charge in [-0.05, 0) is 74.7 Å². The third-order valence-electron chi connectivity index (χ3n) is 5.50. The highest BCUT2D eigenvalue weighted by Crippen LogP contribution is 2.22. The third kappa shape index (κ3) is 8.38. The maximum absolute atomic E-state index is 13.6. The molecule has 0 fully saturated rings. The molecular weight excluding hydrogens is 540 g/mol. The van der Waals surface area contributed by atoms with E-state index in [1.165, 1.54) is 0 Å². The van der Waals surface area contributed by atoms with Gasteiger partial charge < -0.3 is 15.0 Å². The van der Waals surface area contributed by atoms with Gasteiger partial charge in [-0.25, -0.2) is 0 Å². The number of amides is 2.